The van der Waals surface area contributed by atoms with Gasteiger partial charge >= 0.3 is 0 Å². The van der Waals surface area contributed by atoms with Crippen molar-refractivity contribution in [3.8, 4) is 0 Å². The molecule has 0 aromatic heterocycles. The molecule has 2 aliphatic rings. The lowest BCUT2D eigenvalue weighted by atomic mass is 9.62. The highest BCUT2D eigenvalue weighted by Crippen LogP contribution is 2.48. The molecule has 3 rings (SSSR count). The summed E-state index contributed by atoms with van der Waals surface area (Å²) in [6.07, 6.45) is 9.03. The Balaban J connectivity index is 0.00000300. The SMILES string of the molecule is CC(C)NC[C@H](O)Cc1ccc(Cl)c(C(=O)NCC23CCCC(CCC2)C3)c1.[CH2]. The summed E-state index contributed by atoms with van der Waals surface area (Å²) < 4.78 is 0. The minimum atomic E-state index is -0.486. The maximum absolute atomic E-state index is 12.8. The molecule has 1 atom stereocenters. The van der Waals surface area contributed by atoms with Crippen LogP contribution in [0.1, 0.15) is 74.7 Å². The lowest BCUT2D eigenvalue weighted by molar-refractivity contribution is 0.0681. The molecule has 0 saturated heterocycles. The Morgan fingerprint density at radius 1 is 1.28 bits per heavy atom. The molecule has 5 heteroatoms. The fourth-order valence-corrected chi connectivity index (χ4v) is 5.23. The lowest BCUT2D eigenvalue weighted by Gasteiger charge is -2.45. The molecule has 0 unspecified atom stereocenters. The number of benzene rings is 1. The van der Waals surface area contributed by atoms with E-state index in [2.05, 4.69) is 24.5 Å². The minimum Gasteiger partial charge on any atom is -0.391 e. The van der Waals surface area contributed by atoms with Crippen LogP contribution < -0.4 is 10.6 Å². The molecule has 2 bridgehead atoms. The second-order valence-corrected chi connectivity index (χ2v) is 9.68. The highest BCUT2D eigenvalue weighted by molar-refractivity contribution is 6.33. The number of nitrogens with one attached hydrogen (secondary N) is 2. The third kappa shape index (κ3) is 6.70. The average molecular weight is 421 g/mol. The average Bonchev–Trinajstić information content (AvgIpc) is 2.66. The van der Waals surface area contributed by atoms with Crippen LogP contribution in [-0.2, 0) is 6.42 Å². The predicted molar refractivity (Wildman–Crippen MR) is 120 cm³/mol. The van der Waals surface area contributed by atoms with Crippen molar-refractivity contribution in [1.29, 1.82) is 0 Å². The van der Waals surface area contributed by atoms with Crippen LogP contribution in [0.5, 0.6) is 0 Å². The van der Waals surface area contributed by atoms with E-state index in [1.807, 2.05) is 12.1 Å². The van der Waals surface area contributed by atoms with Crippen molar-refractivity contribution in [3.05, 3.63) is 41.8 Å². The van der Waals surface area contributed by atoms with E-state index in [1.165, 1.54) is 44.9 Å². The second-order valence-electron chi connectivity index (χ2n) is 9.27. The number of hydrogen-bond acceptors (Lipinski definition) is 3. The Hall–Kier alpha value is -1.10. The highest BCUT2D eigenvalue weighted by Gasteiger charge is 2.39. The number of halogens is 1. The van der Waals surface area contributed by atoms with Gasteiger partial charge in [-0.2, -0.15) is 0 Å². The van der Waals surface area contributed by atoms with Crippen LogP contribution >= 0.6 is 11.6 Å². The topological polar surface area (TPSA) is 61.4 Å². The maximum atomic E-state index is 12.8. The summed E-state index contributed by atoms with van der Waals surface area (Å²) in [6, 6.07) is 5.82. The number of hydrogen-bond donors (Lipinski definition) is 3. The van der Waals surface area contributed by atoms with Crippen LogP contribution in [-0.4, -0.2) is 36.2 Å². The van der Waals surface area contributed by atoms with Crippen LogP contribution in [0, 0.1) is 18.8 Å². The molecular formula is C24H37ClN2O2. The number of aliphatic hydroxyl groups excluding tert-OH is 1. The zero-order valence-corrected chi connectivity index (χ0v) is 18.7. The summed E-state index contributed by atoms with van der Waals surface area (Å²) in [5.41, 5.74) is 1.74. The highest BCUT2D eigenvalue weighted by atomic mass is 35.5. The van der Waals surface area contributed by atoms with Gasteiger partial charge in [-0.25, -0.2) is 0 Å². The Labute approximate surface area is 181 Å². The Morgan fingerprint density at radius 3 is 2.62 bits per heavy atom. The second kappa shape index (κ2) is 10.8. The molecule has 0 aliphatic heterocycles. The quantitative estimate of drug-likeness (QED) is 0.573. The zero-order valence-electron chi connectivity index (χ0n) is 18.0. The molecule has 3 N–H and O–H groups in total. The van der Waals surface area contributed by atoms with Gasteiger partial charge in [0.05, 0.1) is 16.7 Å². The molecule has 1 aromatic carbocycles. The van der Waals surface area contributed by atoms with Gasteiger partial charge in [0, 0.05) is 19.1 Å². The van der Waals surface area contributed by atoms with Crippen LogP contribution in [0.4, 0.5) is 0 Å². The van der Waals surface area contributed by atoms with Gasteiger partial charge in [0.2, 0.25) is 0 Å². The molecule has 2 aliphatic carbocycles. The summed E-state index contributed by atoms with van der Waals surface area (Å²) in [4.78, 5) is 12.8. The van der Waals surface area contributed by atoms with E-state index in [9.17, 15) is 9.90 Å². The summed E-state index contributed by atoms with van der Waals surface area (Å²) in [5.74, 6) is 0.760. The summed E-state index contributed by atoms with van der Waals surface area (Å²) >= 11 is 6.32. The van der Waals surface area contributed by atoms with E-state index >= 15 is 0 Å². The van der Waals surface area contributed by atoms with Gasteiger partial charge in [-0.15, -0.1) is 0 Å². The van der Waals surface area contributed by atoms with Crippen molar-refractivity contribution in [3.63, 3.8) is 0 Å². The molecule has 1 aromatic rings. The number of amides is 1. The molecule has 0 heterocycles. The zero-order chi connectivity index (χ0) is 20.1. The lowest BCUT2D eigenvalue weighted by Crippen LogP contribution is -2.43. The first-order chi connectivity index (χ1) is 13.4. The summed E-state index contributed by atoms with van der Waals surface area (Å²) in [6.45, 7) is 5.39. The Bertz CT molecular complexity index is 667. The van der Waals surface area contributed by atoms with Gasteiger partial charge in [0.1, 0.15) is 0 Å². The number of carbonyl (C=O) groups excluding carboxylic acids is 1. The maximum Gasteiger partial charge on any atom is 0.252 e. The molecular weight excluding hydrogens is 384 g/mol. The monoisotopic (exact) mass is 420 g/mol. The number of fused-ring (bicyclic) bond motifs is 2. The van der Waals surface area contributed by atoms with Crippen molar-refractivity contribution >= 4 is 17.5 Å². The van der Waals surface area contributed by atoms with Crippen molar-refractivity contribution < 1.29 is 9.90 Å². The van der Waals surface area contributed by atoms with Gasteiger partial charge in [-0.05, 0) is 54.7 Å². The molecule has 2 fully saturated rings. The van der Waals surface area contributed by atoms with E-state index in [-0.39, 0.29) is 13.3 Å². The van der Waals surface area contributed by atoms with Crippen LogP contribution in [0.15, 0.2) is 18.2 Å². The fraction of sp³-hybridized carbons (Fsp3) is 0.667. The van der Waals surface area contributed by atoms with E-state index in [0.717, 1.165) is 18.0 Å². The Kier molecular flexibility index (Phi) is 8.99. The molecule has 0 spiro atoms. The van der Waals surface area contributed by atoms with Crippen molar-refractivity contribution in [2.45, 2.75) is 77.4 Å². The molecule has 4 nitrogen and oxygen atoms in total. The Morgan fingerprint density at radius 2 is 1.97 bits per heavy atom. The summed E-state index contributed by atoms with van der Waals surface area (Å²) in [5, 5.41) is 17.1. The largest absolute Gasteiger partial charge is 0.391 e. The van der Waals surface area contributed by atoms with Crippen molar-refractivity contribution in [1.82, 2.24) is 10.6 Å². The van der Waals surface area contributed by atoms with Crippen LogP contribution in [0.3, 0.4) is 0 Å². The van der Waals surface area contributed by atoms with Crippen molar-refractivity contribution in [2.24, 2.45) is 11.3 Å². The van der Waals surface area contributed by atoms with Gasteiger partial charge in [0.15, 0.2) is 0 Å². The van der Waals surface area contributed by atoms with E-state index in [0.29, 0.717) is 35.0 Å². The summed E-state index contributed by atoms with van der Waals surface area (Å²) in [7, 11) is 0. The smallest absolute Gasteiger partial charge is 0.252 e. The first-order valence-corrected chi connectivity index (χ1v) is 11.2. The minimum absolute atomic E-state index is 0. The first kappa shape index (κ1) is 24.2. The van der Waals surface area contributed by atoms with Crippen LogP contribution in [0.2, 0.25) is 5.02 Å². The van der Waals surface area contributed by atoms with E-state index in [1.54, 1.807) is 6.07 Å². The standard InChI is InChI=1S/C23H35ClN2O2.CH2/c1-16(2)25-14-19(27)11-18-7-8-21(24)20(12-18)22(28)26-15-23-9-3-5-17(13-23)6-4-10-23;/h7-8,12,16-17,19,25,27H,3-6,9-11,13-15H2,1-2H3,(H,26,28);1H2/t17?,19-,23?;/m1./s1. The van der Waals surface area contributed by atoms with E-state index < -0.39 is 6.10 Å². The first-order valence-electron chi connectivity index (χ1n) is 10.8. The van der Waals surface area contributed by atoms with Gasteiger partial charge < -0.3 is 15.7 Å². The molecule has 162 valence electrons. The fourth-order valence-electron chi connectivity index (χ4n) is 5.02. The van der Waals surface area contributed by atoms with Gasteiger partial charge in [-0.3, -0.25) is 4.79 Å². The third-order valence-corrected chi connectivity index (χ3v) is 6.82. The number of aliphatic hydroxyl groups is 1. The van der Waals surface area contributed by atoms with Gasteiger partial charge in [0.25, 0.3) is 5.91 Å². The van der Waals surface area contributed by atoms with E-state index in [4.69, 9.17) is 11.6 Å². The van der Waals surface area contributed by atoms with Crippen LogP contribution in [0.25, 0.3) is 0 Å². The number of carbonyl (C=O) groups is 1. The normalized spacial score (nSPS) is 24.7. The molecule has 1 amide bonds. The molecule has 2 saturated carbocycles. The molecule has 29 heavy (non-hydrogen) atoms. The van der Waals surface area contributed by atoms with Crippen molar-refractivity contribution in [2.75, 3.05) is 13.1 Å². The van der Waals surface area contributed by atoms with Gasteiger partial charge in [-0.1, -0.05) is 64.6 Å². The predicted octanol–water partition coefficient (Wildman–Crippen LogP) is 4.66. The number of rotatable bonds is 8. The molecule has 2 radical (unpaired) electrons. The third-order valence-electron chi connectivity index (χ3n) is 6.49.